The van der Waals surface area contributed by atoms with Crippen LogP contribution in [0.2, 0.25) is 0 Å². The zero-order chi connectivity index (χ0) is 13.6. The van der Waals surface area contributed by atoms with Crippen molar-refractivity contribution in [3.05, 3.63) is 34.5 Å². The Bertz CT molecular complexity index is 658. The number of ketones is 1. The Labute approximate surface area is 116 Å². The van der Waals surface area contributed by atoms with Crippen molar-refractivity contribution in [2.24, 2.45) is 5.41 Å². The van der Waals surface area contributed by atoms with E-state index in [1.165, 1.54) is 0 Å². The van der Waals surface area contributed by atoms with E-state index >= 15 is 0 Å². The van der Waals surface area contributed by atoms with Crippen LogP contribution in [0, 0.1) is 12.3 Å². The van der Waals surface area contributed by atoms with E-state index in [0.717, 1.165) is 34.1 Å². The van der Waals surface area contributed by atoms with Crippen LogP contribution in [0.4, 0.5) is 0 Å². The van der Waals surface area contributed by atoms with Gasteiger partial charge in [-0.3, -0.25) is 4.79 Å². The molecule has 0 spiro atoms. The van der Waals surface area contributed by atoms with Crippen molar-refractivity contribution in [3.8, 4) is 10.7 Å². The van der Waals surface area contributed by atoms with Crippen LogP contribution in [0.3, 0.4) is 0 Å². The second-order valence-electron chi connectivity index (χ2n) is 5.93. The molecule has 0 saturated carbocycles. The van der Waals surface area contributed by atoms with Gasteiger partial charge in [-0.15, -0.1) is 11.3 Å². The molecule has 2 aromatic heterocycles. The van der Waals surface area contributed by atoms with Crippen LogP contribution in [0.25, 0.3) is 10.7 Å². The fraction of sp³-hybridized carbons (Fsp3) is 0.400. The van der Waals surface area contributed by atoms with E-state index in [1.807, 2.05) is 24.4 Å². The van der Waals surface area contributed by atoms with Gasteiger partial charge in [-0.2, -0.15) is 0 Å². The summed E-state index contributed by atoms with van der Waals surface area (Å²) in [5.74, 6) is 0.209. The summed E-state index contributed by atoms with van der Waals surface area (Å²) in [5.41, 5.74) is 3.61. The second kappa shape index (κ2) is 4.23. The molecular formula is C15H16N2OS. The SMILES string of the molecule is Cc1csc(-c2ccc3c(n2)CC(C)(C)CC3=O)n1. The van der Waals surface area contributed by atoms with Crippen LogP contribution >= 0.6 is 11.3 Å². The van der Waals surface area contributed by atoms with Crippen molar-refractivity contribution in [2.75, 3.05) is 0 Å². The normalized spacial score (nSPS) is 17.3. The molecule has 0 saturated heterocycles. The van der Waals surface area contributed by atoms with Crippen LogP contribution in [0.5, 0.6) is 0 Å². The van der Waals surface area contributed by atoms with Gasteiger partial charge in [0.2, 0.25) is 0 Å². The van der Waals surface area contributed by atoms with Crippen LogP contribution in [-0.4, -0.2) is 15.8 Å². The minimum atomic E-state index is 0.00843. The number of Topliss-reactive ketones (excluding diaryl/α,β-unsaturated/α-hetero) is 1. The number of carbonyl (C=O) groups is 1. The Morgan fingerprint density at radius 2 is 2.00 bits per heavy atom. The number of hydrogen-bond donors (Lipinski definition) is 0. The molecule has 0 fully saturated rings. The highest BCUT2D eigenvalue weighted by atomic mass is 32.1. The maximum absolute atomic E-state index is 12.1. The molecule has 0 aliphatic heterocycles. The topological polar surface area (TPSA) is 42.9 Å². The van der Waals surface area contributed by atoms with Gasteiger partial charge in [0.15, 0.2) is 5.78 Å². The number of aryl methyl sites for hydroxylation is 1. The lowest BCUT2D eigenvalue weighted by Crippen LogP contribution is -2.27. The van der Waals surface area contributed by atoms with Gasteiger partial charge in [0.05, 0.1) is 11.4 Å². The summed E-state index contributed by atoms with van der Waals surface area (Å²) in [4.78, 5) is 21.2. The van der Waals surface area contributed by atoms with Crippen molar-refractivity contribution < 1.29 is 4.79 Å². The maximum Gasteiger partial charge on any atom is 0.165 e. The number of carbonyl (C=O) groups excluding carboxylic acids is 1. The molecule has 0 N–H and O–H groups in total. The van der Waals surface area contributed by atoms with E-state index in [1.54, 1.807) is 11.3 Å². The molecule has 19 heavy (non-hydrogen) atoms. The zero-order valence-corrected chi connectivity index (χ0v) is 12.2. The summed E-state index contributed by atoms with van der Waals surface area (Å²) in [7, 11) is 0. The molecule has 2 aromatic rings. The third-order valence-electron chi connectivity index (χ3n) is 3.40. The molecule has 0 radical (unpaired) electrons. The van der Waals surface area contributed by atoms with E-state index in [2.05, 4.69) is 23.8 Å². The zero-order valence-electron chi connectivity index (χ0n) is 11.4. The maximum atomic E-state index is 12.1. The van der Waals surface area contributed by atoms with E-state index in [9.17, 15) is 4.79 Å². The number of aromatic nitrogens is 2. The molecule has 0 aromatic carbocycles. The van der Waals surface area contributed by atoms with Crippen LogP contribution in [-0.2, 0) is 6.42 Å². The third kappa shape index (κ3) is 2.32. The molecule has 0 unspecified atom stereocenters. The van der Waals surface area contributed by atoms with E-state index in [0.29, 0.717) is 6.42 Å². The van der Waals surface area contributed by atoms with Gasteiger partial charge in [-0.25, -0.2) is 9.97 Å². The first kappa shape index (κ1) is 12.5. The minimum Gasteiger partial charge on any atom is -0.294 e. The lowest BCUT2D eigenvalue weighted by Gasteiger charge is -2.29. The second-order valence-corrected chi connectivity index (χ2v) is 6.78. The highest BCUT2D eigenvalue weighted by Gasteiger charge is 2.32. The van der Waals surface area contributed by atoms with Crippen LogP contribution in [0.15, 0.2) is 17.5 Å². The Kier molecular flexibility index (Phi) is 2.78. The summed E-state index contributed by atoms with van der Waals surface area (Å²) in [6, 6.07) is 3.82. The fourth-order valence-electron chi connectivity index (χ4n) is 2.53. The van der Waals surface area contributed by atoms with Crippen molar-refractivity contribution >= 4 is 17.1 Å². The summed E-state index contributed by atoms with van der Waals surface area (Å²) in [6.07, 6.45) is 1.46. The number of pyridine rings is 1. The van der Waals surface area contributed by atoms with Crippen molar-refractivity contribution in [3.63, 3.8) is 0 Å². The first-order valence-electron chi connectivity index (χ1n) is 6.40. The molecule has 0 bridgehead atoms. The van der Waals surface area contributed by atoms with E-state index in [-0.39, 0.29) is 11.2 Å². The Morgan fingerprint density at radius 1 is 1.21 bits per heavy atom. The molecule has 0 amide bonds. The quantitative estimate of drug-likeness (QED) is 0.795. The number of thiazole rings is 1. The molecular weight excluding hydrogens is 256 g/mol. The first-order chi connectivity index (χ1) is 8.94. The standard InChI is InChI=1S/C15H16N2OS/c1-9-8-19-14(16-9)11-5-4-10-12(17-11)6-15(2,3)7-13(10)18/h4-5,8H,6-7H2,1-3H3. The molecule has 98 valence electrons. The van der Waals surface area contributed by atoms with Crippen molar-refractivity contribution in [2.45, 2.75) is 33.6 Å². The van der Waals surface area contributed by atoms with Crippen LogP contribution < -0.4 is 0 Å². The molecule has 1 aliphatic carbocycles. The predicted molar refractivity (Wildman–Crippen MR) is 76.5 cm³/mol. The summed E-state index contributed by atoms with van der Waals surface area (Å²) >= 11 is 1.60. The Balaban J connectivity index is 2.06. The van der Waals surface area contributed by atoms with Gasteiger partial charge in [0, 0.05) is 23.1 Å². The van der Waals surface area contributed by atoms with Crippen LogP contribution in [0.1, 0.15) is 42.0 Å². The minimum absolute atomic E-state index is 0.00843. The molecule has 3 nitrogen and oxygen atoms in total. The summed E-state index contributed by atoms with van der Waals surface area (Å²) in [6.45, 7) is 6.22. The van der Waals surface area contributed by atoms with E-state index in [4.69, 9.17) is 0 Å². The highest BCUT2D eigenvalue weighted by molar-refractivity contribution is 7.13. The molecule has 1 aliphatic rings. The molecule has 4 heteroatoms. The molecule has 0 atom stereocenters. The Morgan fingerprint density at radius 3 is 2.68 bits per heavy atom. The van der Waals surface area contributed by atoms with Crippen molar-refractivity contribution in [1.82, 2.24) is 9.97 Å². The number of rotatable bonds is 1. The van der Waals surface area contributed by atoms with Gasteiger partial charge in [-0.1, -0.05) is 13.8 Å². The predicted octanol–water partition coefficient (Wildman–Crippen LogP) is 3.67. The van der Waals surface area contributed by atoms with Crippen molar-refractivity contribution in [1.29, 1.82) is 0 Å². The largest absolute Gasteiger partial charge is 0.294 e. The first-order valence-corrected chi connectivity index (χ1v) is 7.28. The fourth-order valence-corrected chi connectivity index (χ4v) is 3.29. The van der Waals surface area contributed by atoms with Gasteiger partial charge < -0.3 is 0 Å². The van der Waals surface area contributed by atoms with E-state index < -0.39 is 0 Å². The summed E-state index contributed by atoms with van der Waals surface area (Å²) < 4.78 is 0. The third-order valence-corrected chi connectivity index (χ3v) is 4.38. The van der Waals surface area contributed by atoms with Gasteiger partial charge in [0.1, 0.15) is 5.01 Å². The smallest absolute Gasteiger partial charge is 0.165 e. The molecule has 2 heterocycles. The highest BCUT2D eigenvalue weighted by Crippen LogP contribution is 2.35. The van der Waals surface area contributed by atoms with Gasteiger partial charge in [0.25, 0.3) is 0 Å². The summed E-state index contributed by atoms with van der Waals surface area (Å²) in [5, 5.41) is 2.95. The van der Waals surface area contributed by atoms with Gasteiger partial charge >= 0.3 is 0 Å². The molecule has 3 rings (SSSR count). The van der Waals surface area contributed by atoms with Gasteiger partial charge in [-0.05, 0) is 30.9 Å². The number of fused-ring (bicyclic) bond motifs is 1. The average molecular weight is 272 g/mol. The number of hydrogen-bond acceptors (Lipinski definition) is 4. The Hall–Kier alpha value is -1.55. The lowest BCUT2D eigenvalue weighted by molar-refractivity contribution is 0.0910. The average Bonchev–Trinajstić information content (AvgIpc) is 2.73. The monoisotopic (exact) mass is 272 g/mol. The number of nitrogens with zero attached hydrogens (tertiary/aromatic N) is 2. The lowest BCUT2D eigenvalue weighted by atomic mass is 9.75.